The molecule has 118 valence electrons. The van der Waals surface area contributed by atoms with Crippen LogP contribution in [0.3, 0.4) is 0 Å². The number of rotatable bonds is 5. The largest absolute Gasteiger partial charge is 0.493 e. The summed E-state index contributed by atoms with van der Waals surface area (Å²) in [6.45, 7) is 2.15. The number of hydrogen-bond acceptors (Lipinski definition) is 6. The van der Waals surface area contributed by atoms with Crippen molar-refractivity contribution < 1.29 is 14.0 Å². The van der Waals surface area contributed by atoms with Crippen molar-refractivity contribution in [1.29, 1.82) is 0 Å². The van der Waals surface area contributed by atoms with Crippen LogP contribution in [0.4, 0.5) is 5.69 Å². The third kappa shape index (κ3) is 3.87. The summed E-state index contributed by atoms with van der Waals surface area (Å²) in [4.78, 5) is 8.25. The van der Waals surface area contributed by atoms with Gasteiger partial charge in [0.2, 0.25) is 5.89 Å². The first kappa shape index (κ1) is 15.6. The van der Waals surface area contributed by atoms with E-state index in [4.69, 9.17) is 14.0 Å². The number of benzene rings is 1. The fraction of sp³-hybridized carbons (Fsp3) is 0.357. The molecule has 0 saturated heterocycles. The van der Waals surface area contributed by atoms with Gasteiger partial charge in [0.25, 0.3) is 0 Å². The minimum absolute atomic E-state index is 0.383. The number of nitrogens with one attached hydrogen (secondary N) is 2. The van der Waals surface area contributed by atoms with Gasteiger partial charge in [0, 0.05) is 18.8 Å². The fourth-order valence-electron chi connectivity index (χ4n) is 1.80. The van der Waals surface area contributed by atoms with Gasteiger partial charge in [0.05, 0.1) is 20.8 Å². The lowest BCUT2D eigenvalue weighted by molar-refractivity contribution is 0.355. The standard InChI is InChI=1S/C14H19N5O3/c1-9-17-13(22-19-9)8-16-14(15-2)18-10-5-6-11(20-3)12(7-10)21-4/h5-7H,8H2,1-4H3,(H2,15,16,18). The first-order chi connectivity index (χ1) is 10.7. The van der Waals surface area contributed by atoms with Crippen LogP contribution in [-0.4, -0.2) is 37.4 Å². The Hall–Kier alpha value is -2.77. The summed E-state index contributed by atoms with van der Waals surface area (Å²) in [6.07, 6.45) is 0. The van der Waals surface area contributed by atoms with Gasteiger partial charge in [-0.3, -0.25) is 4.99 Å². The summed E-state index contributed by atoms with van der Waals surface area (Å²) in [5.74, 6) is 2.96. The molecule has 0 unspecified atom stereocenters. The molecular formula is C14H19N5O3. The highest BCUT2D eigenvalue weighted by molar-refractivity contribution is 5.93. The predicted octanol–water partition coefficient (Wildman–Crippen LogP) is 1.58. The molecule has 2 aromatic rings. The number of nitrogens with zero attached hydrogens (tertiary/aromatic N) is 3. The van der Waals surface area contributed by atoms with Crippen LogP contribution in [-0.2, 0) is 6.54 Å². The van der Waals surface area contributed by atoms with E-state index in [1.54, 1.807) is 28.2 Å². The molecule has 2 rings (SSSR count). The third-order valence-corrected chi connectivity index (χ3v) is 2.85. The summed E-state index contributed by atoms with van der Waals surface area (Å²) >= 11 is 0. The van der Waals surface area contributed by atoms with Gasteiger partial charge in [-0.15, -0.1) is 0 Å². The smallest absolute Gasteiger partial charge is 0.246 e. The van der Waals surface area contributed by atoms with Gasteiger partial charge in [0.15, 0.2) is 23.3 Å². The third-order valence-electron chi connectivity index (χ3n) is 2.85. The summed E-state index contributed by atoms with van der Waals surface area (Å²) < 4.78 is 15.5. The van der Waals surface area contributed by atoms with Gasteiger partial charge < -0.3 is 24.6 Å². The summed E-state index contributed by atoms with van der Waals surface area (Å²) in [7, 11) is 4.86. The summed E-state index contributed by atoms with van der Waals surface area (Å²) in [5, 5.41) is 9.96. The molecule has 0 bridgehead atoms. The second kappa shape index (κ2) is 7.30. The number of methoxy groups -OCH3 is 2. The second-order valence-corrected chi connectivity index (χ2v) is 4.36. The Morgan fingerprint density at radius 2 is 2.05 bits per heavy atom. The maximum atomic E-state index is 5.27. The normalized spacial score (nSPS) is 11.2. The van der Waals surface area contributed by atoms with Gasteiger partial charge >= 0.3 is 0 Å². The van der Waals surface area contributed by atoms with E-state index in [0.29, 0.717) is 35.7 Å². The minimum Gasteiger partial charge on any atom is -0.493 e. The van der Waals surface area contributed by atoms with Crippen molar-refractivity contribution in [1.82, 2.24) is 15.5 Å². The van der Waals surface area contributed by atoms with Crippen LogP contribution in [0.2, 0.25) is 0 Å². The van der Waals surface area contributed by atoms with E-state index in [-0.39, 0.29) is 0 Å². The summed E-state index contributed by atoms with van der Waals surface area (Å²) in [6, 6.07) is 5.50. The van der Waals surface area contributed by atoms with E-state index in [0.717, 1.165) is 5.69 Å². The molecule has 0 saturated carbocycles. The van der Waals surface area contributed by atoms with Crippen LogP contribution in [0.1, 0.15) is 11.7 Å². The van der Waals surface area contributed by atoms with Crippen molar-refractivity contribution in [3.63, 3.8) is 0 Å². The molecule has 0 amide bonds. The van der Waals surface area contributed by atoms with Crippen molar-refractivity contribution in [3.05, 3.63) is 29.9 Å². The van der Waals surface area contributed by atoms with Gasteiger partial charge in [-0.05, 0) is 19.1 Å². The Kier molecular flexibility index (Phi) is 5.18. The zero-order chi connectivity index (χ0) is 15.9. The van der Waals surface area contributed by atoms with Crippen molar-refractivity contribution in [2.75, 3.05) is 26.6 Å². The van der Waals surface area contributed by atoms with E-state index in [1.807, 2.05) is 18.2 Å². The van der Waals surface area contributed by atoms with Crippen LogP contribution in [0.25, 0.3) is 0 Å². The zero-order valence-corrected chi connectivity index (χ0v) is 13.0. The molecule has 0 aliphatic carbocycles. The Bertz CT molecular complexity index is 654. The average molecular weight is 305 g/mol. The predicted molar refractivity (Wildman–Crippen MR) is 82.4 cm³/mol. The van der Waals surface area contributed by atoms with Crippen LogP contribution in [0, 0.1) is 6.92 Å². The zero-order valence-electron chi connectivity index (χ0n) is 13.0. The monoisotopic (exact) mass is 305 g/mol. The number of anilines is 1. The van der Waals surface area contributed by atoms with E-state index in [2.05, 4.69) is 25.8 Å². The minimum atomic E-state index is 0.383. The molecule has 0 spiro atoms. The fourth-order valence-corrected chi connectivity index (χ4v) is 1.80. The highest BCUT2D eigenvalue weighted by atomic mass is 16.5. The van der Waals surface area contributed by atoms with E-state index >= 15 is 0 Å². The van der Waals surface area contributed by atoms with Gasteiger partial charge in [-0.1, -0.05) is 5.16 Å². The lowest BCUT2D eigenvalue weighted by Crippen LogP contribution is -2.30. The maximum Gasteiger partial charge on any atom is 0.246 e. The van der Waals surface area contributed by atoms with Crippen molar-refractivity contribution in [3.8, 4) is 11.5 Å². The number of aliphatic imine (C=N–C) groups is 1. The molecule has 1 heterocycles. The first-order valence-corrected chi connectivity index (χ1v) is 6.65. The number of aryl methyl sites for hydroxylation is 1. The molecular weight excluding hydrogens is 286 g/mol. The van der Waals surface area contributed by atoms with Crippen molar-refractivity contribution in [2.24, 2.45) is 4.99 Å². The van der Waals surface area contributed by atoms with Crippen LogP contribution in [0.5, 0.6) is 11.5 Å². The van der Waals surface area contributed by atoms with Gasteiger partial charge in [-0.2, -0.15) is 4.98 Å². The Labute approximate surface area is 128 Å². The molecule has 0 aliphatic rings. The topological polar surface area (TPSA) is 93.8 Å². The number of hydrogen-bond donors (Lipinski definition) is 2. The molecule has 0 aliphatic heterocycles. The quantitative estimate of drug-likeness (QED) is 0.640. The Morgan fingerprint density at radius 3 is 2.64 bits per heavy atom. The molecule has 8 heteroatoms. The van der Waals surface area contributed by atoms with Crippen molar-refractivity contribution >= 4 is 11.6 Å². The molecule has 0 fully saturated rings. The molecule has 0 radical (unpaired) electrons. The summed E-state index contributed by atoms with van der Waals surface area (Å²) in [5.41, 5.74) is 0.812. The van der Waals surface area contributed by atoms with Gasteiger partial charge in [-0.25, -0.2) is 0 Å². The first-order valence-electron chi connectivity index (χ1n) is 6.65. The lowest BCUT2D eigenvalue weighted by atomic mass is 10.3. The average Bonchev–Trinajstić information content (AvgIpc) is 2.96. The molecule has 1 aromatic carbocycles. The van der Waals surface area contributed by atoms with Crippen molar-refractivity contribution in [2.45, 2.75) is 13.5 Å². The van der Waals surface area contributed by atoms with E-state index in [1.165, 1.54) is 0 Å². The Morgan fingerprint density at radius 1 is 1.27 bits per heavy atom. The number of ether oxygens (including phenoxy) is 2. The molecule has 1 aromatic heterocycles. The van der Waals surface area contributed by atoms with E-state index < -0.39 is 0 Å². The van der Waals surface area contributed by atoms with Crippen LogP contribution in [0.15, 0.2) is 27.7 Å². The highest BCUT2D eigenvalue weighted by Crippen LogP contribution is 2.29. The van der Waals surface area contributed by atoms with Gasteiger partial charge in [0.1, 0.15) is 0 Å². The highest BCUT2D eigenvalue weighted by Gasteiger charge is 2.07. The molecule has 0 atom stereocenters. The maximum absolute atomic E-state index is 5.27. The SMILES string of the molecule is CN=C(NCc1nc(C)no1)Nc1ccc(OC)c(OC)c1. The van der Waals surface area contributed by atoms with Crippen LogP contribution < -0.4 is 20.1 Å². The lowest BCUT2D eigenvalue weighted by Gasteiger charge is -2.13. The molecule has 22 heavy (non-hydrogen) atoms. The number of guanidine groups is 1. The second-order valence-electron chi connectivity index (χ2n) is 4.36. The van der Waals surface area contributed by atoms with E-state index in [9.17, 15) is 0 Å². The van der Waals surface area contributed by atoms with Crippen LogP contribution >= 0.6 is 0 Å². The number of aromatic nitrogens is 2. The Balaban J connectivity index is 2.01. The molecule has 8 nitrogen and oxygen atoms in total. The molecule has 2 N–H and O–H groups in total.